The summed E-state index contributed by atoms with van der Waals surface area (Å²) in [6.45, 7) is 0. The lowest BCUT2D eigenvalue weighted by molar-refractivity contribution is 0.0592. The molecule has 1 aromatic heterocycles. The highest BCUT2D eigenvalue weighted by Crippen LogP contribution is 2.21. The third kappa shape index (κ3) is 2.71. The van der Waals surface area contributed by atoms with Crippen LogP contribution in [0.3, 0.4) is 0 Å². The Hall–Kier alpha value is -1.04. The van der Waals surface area contributed by atoms with Gasteiger partial charge in [0.25, 0.3) is 6.43 Å². The molecular formula is C9H8BrF2NO2. The first-order valence-electron chi connectivity index (χ1n) is 4.01. The molecule has 15 heavy (non-hydrogen) atoms. The molecule has 0 fully saturated rings. The van der Waals surface area contributed by atoms with Crippen LogP contribution in [0.15, 0.2) is 12.3 Å². The molecule has 0 saturated carbocycles. The van der Waals surface area contributed by atoms with Crippen molar-refractivity contribution in [2.45, 2.75) is 11.8 Å². The number of nitrogens with zero attached hydrogens (tertiary/aromatic N) is 1. The van der Waals surface area contributed by atoms with Crippen LogP contribution < -0.4 is 0 Å². The van der Waals surface area contributed by atoms with E-state index in [0.29, 0.717) is 5.56 Å². The predicted molar refractivity (Wildman–Crippen MR) is 53.2 cm³/mol. The summed E-state index contributed by atoms with van der Waals surface area (Å²) in [5, 5.41) is 0.269. The first-order valence-corrected chi connectivity index (χ1v) is 5.13. The molecule has 0 radical (unpaired) electrons. The Balaban J connectivity index is 3.15. The van der Waals surface area contributed by atoms with E-state index in [1.165, 1.54) is 13.2 Å². The van der Waals surface area contributed by atoms with Crippen molar-refractivity contribution in [1.82, 2.24) is 4.98 Å². The van der Waals surface area contributed by atoms with Crippen LogP contribution in [0.1, 0.15) is 28.0 Å². The number of carbonyl (C=O) groups is 1. The third-order valence-corrected chi connectivity index (χ3v) is 2.37. The summed E-state index contributed by atoms with van der Waals surface area (Å²) in [5.74, 6) is -0.634. The molecule has 1 rings (SSSR count). The van der Waals surface area contributed by atoms with E-state index in [-0.39, 0.29) is 16.6 Å². The van der Waals surface area contributed by atoms with Gasteiger partial charge in [-0.2, -0.15) is 0 Å². The smallest absolute Gasteiger partial charge is 0.356 e. The van der Waals surface area contributed by atoms with E-state index in [1.807, 2.05) is 0 Å². The SMILES string of the molecule is COC(=O)c1ncc(C(F)F)cc1CBr. The third-order valence-electron chi connectivity index (χ3n) is 1.76. The van der Waals surface area contributed by atoms with Gasteiger partial charge in [-0.1, -0.05) is 15.9 Å². The lowest BCUT2D eigenvalue weighted by Crippen LogP contribution is -2.08. The number of hydrogen-bond donors (Lipinski definition) is 0. The number of methoxy groups -OCH3 is 1. The number of hydrogen-bond acceptors (Lipinski definition) is 3. The van der Waals surface area contributed by atoms with Crippen LogP contribution in [0.25, 0.3) is 0 Å². The summed E-state index contributed by atoms with van der Waals surface area (Å²) < 4.78 is 29.1. The number of alkyl halides is 3. The van der Waals surface area contributed by atoms with Gasteiger partial charge in [0.1, 0.15) is 0 Å². The molecule has 1 heterocycles. The standard InChI is InChI=1S/C9H8BrF2NO2/c1-15-9(14)7-5(3-10)2-6(4-13-7)8(11)12/h2,4,8H,3H2,1H3. The fraction of sp³-hybridized carbons (Fsp3) is 0.333. The van der Waals surface area contributed by atoms with Crippen molar-refractivity contribution in [3.63, 3.8) is 0 Å². The number of ether oxygens (including phenoxy) is 1. The number of rotatable bonds is 3. The highest BCUT2D eigenvalue weighted by atomic mass is 79.9. The largest absolute Gasteiger partial charge is 0.464 e. The molecule has 0 spiro atoms. The van der Waals surface area contributed by atoms with Crippen LogP contribution >= 0.6 is 15.9 Å². The van der Waals surface area contributed by atoms with Gasteiger partial charge in [0.15, 0.2) is 5.69 Å². The number of carbonyl (C=O) groups excluding carboxylic acids is 1. The summed E-state index contributed by atoms with van der Waals surface area (Å²) in [4.78, 5) is 14.8. The Bertz CT molecular complexity index is 371. The molecule has 0 aromatic carbocycles. The minimum atomic E-state index is -2.60. The summed E-state index contributed by atoms with van der Waals surface area (Å²) >= 11 is 3.10. The summed E-state index contributed by atoms with van der Waals surface area (Å²) in [5.41, 5.74) is 0.232. The summed E-state index contributed by atoms with van der Waals surface area (Å²) in [6, 6.07) is 1.23. The van der Waals surface area contributed by atoms with Crippen molar-refractivity contribution >= 4 is 21.9 Å². The number of pyridine rings is 1. The van der Waals surface area contributed by atoms with E-state index in [0.717, 1.165) is 6.20 Å². The van der Waals surface area contributed by atoms with Crippen LogP contribution in [0.4, 0.5) is 8.78 Å². The van der Waals surface area contributed by atoms with E-state index in [2.05, 4.69) is 25.7 Å². The average molecular weight is 280 g/mol. The van der Waals surface area contributed by atoms with Gasteiger partial charge in [-0.05, 0) is 11.6 Å². The lowest BCUT2D eigenvalue weighted by atomic mass is 10.1. The minimum Gasteiger partial charge on any atom is -0.464 e. The van der Waals surface area contributed by atoms with Gasteiger partial charge in [0.05, 0.1) is 7.11 Å². The van der Waals surface area contributed by atoms with E-state index in [4.69, 9.17) is 0 Å². The maximum Gasteiger partial charge on any atom is 0.356 e. The molecule has 0 saturated heterocycles. The van der Waals surface area contributed by atoms with Gasteiger partial charge in [0, 0.05) is 17.1 Å². The topological polar surface area (TPSA) is 39.2 Å². The van der Waals surface area contributed by atoms with Crippen molar-refractivity contribution < 1.29 is 18.3 Å². The van der Waals surface area contributed by atoms with Crippen LogP contribution in [-0.4, -0.2) is 18.1 Å². The Kier molecular flexibility index (Phi) is 4.14. The second-order valence-corrected chi connectivity index (χ2v) is 3.26. The molecule has 0 aliphatic rings. The van der Waals surface area contributed by atoms with Gasteiger partial charge in [-0.15, -0.1) is 0 Å². The van der Waals surface area contributed by atoms with E-state index in [1.54, 1.807) is 0 Å². The van der Waals surface area contributed by atoms with Gasteiger partial charge >= 0.3 is 5.97 Å². The van der Waals surface area contributed by atoms with Crippen molar-refractivity contribution in [2.75, 3.05) is 7.11 Å². The van der Waals surface area contributed by atoms with Gasteiger partial charge < -0.3 is 4.74 Å². The second-order valence-electron chi connectivity index (χ2n) is 2.70. The predicted octanol–water partition coefficient (Wildman–Crippen LogP) is 2.70. The molecule has 0 atom stereocenters. The Labute approximate surface area is 93.6 Å². The van der Waals surface area contributed by atoms with E-state index >= 15 is 0 Å². The highest BCUT2D eigenvalue weighted by Gasteiger charge is 2.16. The summed E-state index contributed by atoms with van der Waals surface area (Å²) in [6.07, 6.45) is -1.62. The van der Waals surface area contributed by atoms with Crippen LogP contribution in [-0.2, 0) is 10.1 Å². The minimum absolute atomic E-state index is 0.0544. The van der Waals surface area contributed by atoms with E-state index in [9.17, 15) is 13.6 Å². The average Bonchev–Trinajstić information content (AvgIpc) is 2.27. The molecule has 0 aliphatic heterocycles. The number of halogens is 3. The van der Waals surface area contributed by atoms with Crippen molar-refractivity contribution in [3.8, 4) is 0 Å². The molecule has 82 valence electrons. The molecule has 0 amide bonds. The highest BCUT2D eigenvalue weighted by molar-refractivity contribution is 9.08. The fourth-order valence-corrected chi connectivity index (χ4v) is 1.46. The summed E-state index contributed by atoms with van der Waals surface area (Å²) in [7, 11) is 1.21. The first-order chi connectivity index (χ1) is 7.10. The second kappa shape index (κ2) is 5.16. The Morgan fingerprint density at radius 2 is 2.33 bits per heavy atom. The lowest BCUT2D eigenvalue weighted by Gasteiger charge is -2.06. The molecule has 0 bridgehead atoms. The Morgan fingerprint density at radius 1 is 1.67 bits per heavy atom. The van der Waals surface area contributed by atoms with Gasteiger partial charge in [0.2, 0.25) is 0 Å². The van der Waals surface area contributed by atoms with Crippen LogP contribution in [0.2, 0.25) is 0 Å². The Morgan fingerprint density at radius 3 is 2.80 bits per heavy atom. The zero-order chi connectivity index (χ0) is 11.4. The molecule has 3 nitrogen and oxygen atoms in total. The van der Waals surface area contributed by atoms with Crippen LogP contribution in [0.5, 0.6) is 0 Å². The van der Waals surface area contributed by atoms with E-state index < -0.39 is 12.4 Å². The molecule has 0 unspecified atom stereocenters. The monoisotopic (exact) mass is 279 g/mol. The van der Waals surface area contributed by atoms with Crippen molar-refractivity contribution in [2.24, 2.45) is 0 Å². The fourth-order valence-electron chi connectivity index (χ4n) is 1.03. The van der Waals surface area contributed by atoms with Crippen molar-refractivity contribution in [1.29, 1.82) is 0 Å². The zero-order valence-electron chi connectivity index (χ0n) is 7.84. The molecule has 1 aromatic rings. The molecular weight excluding hydrogens is 272 g/mol. The van der Waals surface area contributed by atoms with Gasteiger partial charge in [-0.3, -0.25) is 0 Å². The molecule has 6 heteroatoms. The molecule has 0 N–H and O–H groups in total. The zero-order valence-corrected chi connectivity index (χ0v) is 9.42. The van der Waals surface area contributed by atoms with Gasteiger partial charge in [-0.25, -0.2) is 18.6 Å². The quantitative estimate of drug-likeness (QED) is 0.631. The maximum atomic E-state index is 12.3. The maximum absolute atomic E-state index is 12.3. The number of esters is 1. The normalized spacial score (nSPS) is 10.5. The number of aromatic nitrogens is 1. The van der Waals surface area contributed by atoms with Crippen molar-refractivity contribution in [3.05, 3.63) is 29.1 Å². The van der Waals surface area contributed by atoms with Crippen LogP contribution in [0, 0.1) is 0 Å². The first kappa shape index (κ1) is 12.0. The molecule has 0 aliphatic carbocycles.